The van der Waals surface area contributed by atoms with Crippen LogP contribution in [0.3, 0.4) is 0 Å². The minimum atomic E-state index is -3.59. The molecule has 8 heteroatoms. The van der Waals surface area contributed by atoms with Crippen LogP contribution in [0.2, 0.25) is 0 Å². The van der Waals surface area contributed by atoms with E-state index in [0.29, 0.717) is 22.5 Å². The van der Waals surface area contributed by atoms with E-state index in [1.807, 2.05) is 12.1 Å². The molecule has 0 atom stereocenters. The van der Waals surface area contributed by atoms with Crippen LogP contribution in [0.4, 0.5) is 0 Å². The van der Waals surface area contributed by atoms with Crippen LogP contribution in [0.25, 0.3) is 22.4 Å². The monoisotopic (exact) mass is 340 g/mol. The van der Waals surface area contributed by atoms with Crippen LogP contribution in [-0.4, -0.2) is 29.0 Å². The minimum Gasteiger partial charge on any atom is -0.445 e. The van der Waals surface area contributed by atoms with Crippen molar-refractivity contribution in [3.05, 3.63) is 60.2 Å². The van der Waals surface area contributed by atoms with Gasteiger partial charge in [0.05, 0.1) is 5.75 Å². The molecule has 0 spiro atoms. The number of hydrogen-bond acceptors (Lipinski definition) is 6. The lowest BCUT2D eigenvalue weighted by Gasteiger charge is -2.03. The quantitative estimate of drug-likeness (QED) is 0.612. The number of hydrogen-bond donors (Lipinski definition) is 1. The average Bonchev–Trinajstić information content (AvgIpc) is 3.24. The third-order valence-electron chi connectivity index (χ3n) is 3.60. The second-order valence-corrected chi connectivity index (χ2v) is 7.22. The number of aromatic amines is 1. The van der Waals surface area contributed by atoms with E-state index in [0.717, 1.165) is 5.39 Å². The number of aromatic nitrogens is 4. The summed E-state index contributed by atoms with van der Waals surface area (Å²) in [4.78, 5) is 0. The fourth-order valence-corrected chi connectivity index (χ4v) is 3.77. The standard InChI is InChI=1S/C16H12N4O3S/c21-24(22,15-9-12-5-1-2-7-14(12)23-15)10-11-4-3-6-13(8-11)16-17-19-20-18-16/h1-9H,10H2,(H,17,18,19,20). The Labute approximate surface area is 137 Å². The number of para-hydroxylation sites is 1. The van der Waals surface area contributed by atoms with Crippen molar-refractivity contribution in [2.45, 2.75) is 10.8 Å². The first-order chi connectivity index (χ1) is 11.6. The number of rotatable bonds is 4. The Hall–Kier alpha value is -3.00. The van der Waals surface area contributed by atoms with Gasteiger partial charge in [-0.15, -0.1) is 10.2 Å². The Morgan fingerprint density at radius 1 is 1.04 bits per heavy atom. The van der Waals surface area contributed by atoms with Gasteiger partial charge in [0, 0.05) is 17.0 Å². The van der Waals surface area contributed by atoms with Crippen LogP contribution >= 0.6 is 0 Å². The maximum absolute atomic E-state index is 12.6. The summed E-state index contributed by atoms with van der Waals surface area (Å²) in [6.07, 6.45) is 0. The Morgan fingerprint density at radius 3 is 2.71 bits per heavy atom. The van der Waals surface area contributed by atoms with Gasteiger partial charge in [0.1, 0.15) is 5.58 Å². The van der Waals surface area contributed by atoms with Gasteiger partial charge in [0.25, 0.3) is 0 Å². The summed E-state index contributed by atoms with van der Waals surface area (Å²) in [5, 5.41) is 14.4. The molecule has 2 aromatic carbocycles. The zero-order valence-corrected chi connectivity index (χ0v) is 13.2. The first-order valence-electron chi connectivity index (χ1n) is 7.16. The van der Waals surface area contributed by atoms with Gasteiger partial charge in [-0.3, -0.25) is 0 Å². The van der Waals surface area contributed by atoms with Crippen molar-refractivity contribution in [1.29, 1.82) is 0 Å². The highest BCUT2D eigenvalue weighted by Gasteiger charge is 2.20. The maximum atomic E-state index is 12.6. The third-order valence-corrected chi connectivity index (χ3v) is 5.12. The van der Waals surface area contributed by atoms with E-state index >= 15 is 0 Å². The molecule has 0 bridgehead atoms. The van der Waals surface area contributed by atoms with Crippen molar-refractivity contribution < 1.29 is 12.8 Å². The molecule has 2 aromatic heterocycles. The molecule has 1 N–H and O–H groups in total. The lowest BCUT2D eigenvalue weighted by atomic mass is 10.1. The molecule has 24 heavy (non-hydrogen) atoms. The molecule has 4 aromatic rings. The van der Waals surface area contributed by atoms with Crippen molar-refractivity contribution in [3.63, 3.8) is 0 Å². The minimum absolute atomic E-state index is 0.0336. The molecular weight excluding hydrogens is 328 g/mol. The molecule has 0 unspecified atom stereocenters. The number of H-pyrrole nitrogens is 1. The summed E-state index contributed by atoms with van der Waals surface area (Å²) < 4.78 is 30.7. The molecule has 0 saturated heterocycles. The van der Waals surface area contributed by atoms with Crippen LogP contribution in [0, 0.1) is 0 Å². The first kappa shape index (κ1) is 14.6. The molecule has 0 aliphatic carbocycles. The number of sulfone groups is 1. The molecular formula is C16H12N4O3S. The van der Waals surface area contributed by atoms with Gasteiger partial charge >= 0.3 is 0 Å². The highest BCUT2D eigenvalue weighted by atomic mass is 32.2. The van der Waals surface area contributed by atoms with E-state index in [1.165, 1.54) is 0 Å². The average molecular weight is 340 g/mol. The van der Waals surface area contributed by atoms with Crippen LogP contribution in [0.15, 0.2) is 64.1 Å². The summed E-state index contributed by atoms with van der Waals surface area (Å²) in [6, 6.07) is 15.8. The Kier molecular flexibility index (Phi) is 3.39. The zero-order chi connectivity index (χ0) is 16.6. The second kappa shape index (κ2) is 5.57. The highest BCUT2D eigenvalue weighted by molar-refractivity contribution is 7.90. The predicted octanol–water partition coefficient (Wildman–Crippen LogP) is 2.59. The summed E-state index contributed by atoms with van der Waals surface area (Å²) in [5.74, 6) is 0.247. The topological polar surface area (TPSA) is 102 Å². The van der Waals surface area contributed by atoms with Crippen LogP contribution in [0.1, 0.15) is 5.56 Å². The largest absolute Gasteiger partial charge is 0.445 e. The van der Waals surface area contributed by atoms with Gasteiger partial charge in [-0.1, -0.05) is 36.4 Å². The first-order valence-corrected chi connectivity index (χ1v) is 8.81. The number of nitrogens with zero attached hydrogens (tertiary/aromatic N) is 3. The molecule has 0 aliphatic rings. The summed E-state index contributed by atoms with van der Waals surface area (Å²) in [7, 11) is -3.59. The van der Waals surface area contributed by atoms with Gasteiger partial charge in [0.15, 0.2) is 0 Å². The Balaban J connectivity index is 1.67. The third kappa shape index (κ3) is 2.67. The molecule has 0 fully saturated rings. The van der Waals surface area contributed by atoms with E-state index in [-0.39, 0.29) is 10.8 Å². The molecule has 4 rings (SSSR count). The fourth-order valence-electron chi connectivity index (χ4n) is 2.49. The van der Waals surface area contributed by atoms with Crippen molar-refractivity contribution in [1.82, 2.24) is 20.6 Å². The van der Waals surface area contributed by atoms with E-state index in [4.69, 9.17) is 4.42 Å². The number of fused-ring (bicyclic) bond motifs is 1. The number of tetrazole rings is 1. The van der Waals surface area contributed by atoms with Crippen molar-refractivity contribution in [2.24, 2.45) is 0 Å². The maximum Gasteiger partial charge on any atom is 0.219 e. The van der Waals surface area contributed by atoms with Gasteiger partial charge < -0.3 is 4.42 Å². The Bertz CT molecular complexity index is 1070. The van der Waals surface area contributed by atoms with E-state index in [9.17, 15) is 8.42 Å². The summed E-state index contributed by atoms with van der Waals surface area (Å²) in [6.45, 7) is 0. The highest BCUT2D eigenvalue weighted by Crippen LogP contribution is 2.26. The SMILES string of the molecule is O=S(=O)(Cc1cccc(-c2nn[nH]n2)c1)c1cc2ccccc2o1. The summed E-state index contributed by atoms with van der Waals surface area (Å²) >= 11 is 0. The van der Waals surface area contributed by atoms with Crippen molar-refractivity contribution in [3.8, 4) is 11.4 Å². The van der Waals surface area contributed by atoms with E-state index < -0.39 is 9.84 Å². The van der Waals surface area contributed by atoms with Gasteiger partial charge in [-0.25, -0.2) is 8.42 Å². The number of furan rings is 1. The van der Waals surface area contributed by atoms with Crippen molar-refractivity contribution >= 4 is 20.8 Å². The Morgan fingerprint density at radius 2 is 1.92 bits per heavy atom. The molecule has 0 amide bonds. The zero-order valence-electron chi connectivity index (χ0n) is 12.4. The van der Waals surface area contributed by atoms with E-state index in [1.54, 1.807) is 42.5 Å². The molecule has 2 heterocycles. The number of nitrogens with one attached hydrogen (secondary N) is 1. The molecule has 0 radical (unpaired) electrons. The van der Waals surface area contributed by atoms with Gasteiger partial charge in [0.2, 0.25) is 20.8 Å². The lowest BCUT2D eigenvalue weighted by molar-refractivity contribution is 0.481. The normalized spacial score (nSPS) is 11.8. The fraction of sp³-hybridized carbons (Fsp3) is 0.0625. The van der Waals surface area contributed by atoms with Gasteiger partial charge in [-0.2, -0.15) is 5.21 Å². The molecule has 0 saturated carbocycles. The molecule has 120 valence electrons. The molecule has 7 nitrogen and oxygen atoms in total. The van der Waals surface area contributed by atoms with Crippen LogP contribution < -0.4 is 0 Å². The lowest BCUT2D eigenvalue weighted by Crippen LogP contribution is -2.03. The smallest absolute Gasteiger partial charge is 0.219 e. The summed E-state index contributed by atoms with van der Waals surface area (Å²) in [5.41, 5.74) is 1.87. The second-order valence-electron chi connectivity index (χ2n) is 5.30. The van der Waals surface area contributed by atoms with E-state index in [2.05, 4.69) is 20.6 Å². The predicted molar refractivity (Wildman–Crippen MR) is 86.7 cm³/mol. The molecule has 0 aliphatic heterocycles. The van der Waals surface area contributed by atoms with Crippen molar-refractivity contribution in [2.75, 3.05) is 0 Å². The number of benzene rings is 2. The van der Waals surface area contributed by atoms with Crippen LogP contribution in [-0.2, 0) is 15.6 Å². The van der Waals surface area contributed by atoms with Crippen LogP contribution in [0.5, 0.6) is 0 Å². The van der Waals surface area contributed by atoms with Gasteiger partial charge in [-0.05, 0) is 22.9 Å².